The van der Waals surface area contributed by atoms with Gasteiger partial charge in [-0.25, -0.2) is 0 Å². The van der Waals surface area contributed by atoms with E-state index in [-0.39, 0.29) is 24.3 Å². The summed E-state index contributed by atoms with van der Waals surface area (Å²) in [6.45, 7) is 2.90. The van der Waals surface area contributed by atoms with E-state index in [1.54, 1.807) is 11.3 Å². The average Bonchev–Trinajstić information content (AvgIpc) is 2.81. The number of nitrogens with one attached hydrogen (secondary N) is 1. The van der Waals surface area contributed by atoms with Crippen molar-refractivity contribution in [3.8, 4) is 0 Å². The van der Waals surface area contributed by atoms with E-state index in [4.69, 9.17) is 0 Å². The molecule has 0 aliphatic carbocycles. The number of likely N-dealkylation sites (N-methyl/N-ethyl adjacent to an activating group) is 1. The van der Waals surface area contributed by atoms with Crippen molar-refractivity contribution < 1.29 is 9.59 Å². The standard InChI is InChI=1S/C11H13BrN2O2S/c1-2-14-10(15)4-9(11(14)16)13-5-8-3-7(12)6-17-8/h3,6,9,13H,2,4-5H2,1H3. The fourth-order valence-corrected chi connectivity index (χ4v) is 3.25. The summed E-state index contributed by atoms with van der Waals surface area (Å²) in [5.41, 5.74) is 0. The van der Waals surface area contributed by atoms with Crippen molar-refractivity contribution in [3.63, 3.8) is 0 Å². The number of hydrogen-bond acceptors (Lipinski definition) is 4. The van der Waals surface area contributed by atoms with Crippen molar-refractivity contribution in [2.45, 2.75) is 25.9 Å². The Labute approximate surface area is 112 Å². The second-order valence-electron chi connectivity index (χ2n) is 3.85. The van der Waals surface area contributed by atoms with Crippen LogP contribution >= 0.6 is 27.3 Å². The largest absolute Gasteiger partial charge is 0.300 e. The van der Waals surface area contributed by atoms with Crippen LogP contribution in [0.1, 0.15) is 18.2 Å². The van der Waals surface area contributed by atoms with Crippen molar-refractivity contribution in [3.05, 3.63) is 20.8 Å². The molecule has 1 unspecified atom stereocenters. The van der Waals surface area contributed by atoms with E-state index >= 15 is 0 Å². The quantitative estimate of drug-likeness (QED) is 0.861. The van der Waals surface area contributed by atoms with E-state index in [1.807, 2.05) is 18.4 Å². The molecular weight excluding hydrogens is 304 g/mol. The second kappa shape index (κ2) is 5.29. The lowest BCUT2D eigenvalue weighted by Gasteiger charge is -2.12. The fraction of sp³-hybridized carbons (Fsp3) is 0.455. The van der Waals surface area contributed by atoms with Crippen LogP contribution in [0, 0.1) is 0 Å². The van der Waals surface area contributed by atoms with Gasteiger partial charge in [-0.15, -0.1) is 11.3 Å². The Bertz CT molecular complexity index is 446. The maximum atomic E-state index is 11.8. The number of carbonyl (C=O) groups is 2. The van der Waals surface area contributed by atoms with Crippen LogP contribution in [0.2, 0.25) is 0 Å². The molecule has 92 valence electrons. The van der Waals surface area contributed by atoms with Crippen molar-refractivity contribution in [1.29, 1.82) is 0 Å². The maximum Gasteiger partial charge on any atom is 0.246 e. The molecule has 2 rings (SSSR count). The summed E-state index contributed by atoms with van der Waals surface area (Å²) in [6.07, 6.45) is 0.277. The van der Waals surface area contributed by atoms with Gasteiger partial charge in [-0.1, -0.05) is 0 Å². The van der Waals surface area contributed by atoms with E-state index in [1.165, 1.54) is 4.90 Å². The zero-order valence-electron chi connectivity index (χ0n) is 9.40. The number of amides is 2. The first-order chi connectivity index (χ1) is 8.11. The number of halogens is 1. The molecule has 2 heterocycles. The summed E-state index contributed by atoms with van der Waals surface area (Å²) in [5, 5.41) is 5.13. The third kappa shape index (κ3) is 2.75. The van der Waals surface area contributed by atoms with Gasteiger partial charge in [0.2, 0.25) is 11.8 Å². The number of likely N-dealkylation sites (tertiary alicyclic amines) is 1. The van der Waals surface area contributed by atoms with Gasteiger partial charge in [0, 0.05) is 27.8 Å². The molecular formula is C11H13BrN2O2S. The summed E-state index contributed by atoms with van der Waals surface area (Å²) in [6, 6.07) is 1.65. The monoisotopic (exact) mass is 316 g/mol. The van der Waals surface area contributed by atoms with Gasteiger partial charge in [0.15, 0.2) is 0 Å². The normalized spacial score (nSPS) is 20.4. The molecule has 4 nitrogen and oxygen atoms in total. The Morgan fingerprint density at radius 3 is 2.88 bits per heavy atom. The lowest BCUT2D eigenvalue weighted by Crippen LogP contribution is -2.38. The number of imide groups is 1. The van der Waals surface area contributed by atoms with Crippen molar-refractivity contribution >= 4 is 39.1 Å². The van der Waals surface area contributed by atoms with E-state index in [2.05, 4.69) is 21.2 Å². The topological polar surface area (TPSA) is 49.4 Å². The van der Waals surface area contributed by atoms with Gasteiger partial charge in [-0.2, -0.15) is 0 Å². The molecule has 1 aliphatic rings. The molecule has 1 atom stereocenters. The van der Waals surface area contributed by atoms with Crippen LogP contribution in [0.3, 0.4) is 0 Å². The summed E-state index contributed by atoms with van der Waals surface area (Å²) >= 11 is 5.00. The van der Waals surface area contributed by atoms with Crippen molar-refractivity contribution in [2.24, 2.45) is 0 Å². The van der Waals surface area contributed by atoms with Gasteiger partial charge in [-0.05, 0) is 28.9 Å². The molecule has 0 radical (unpaired) electrons. The summed E-state index contributed by atoms with van der Waals surface area (Å²) in [5.74, 6) is -0.185. The highest BCUT2D eigenvalue weighted by Crippen LogP contribution is 2.20. The summed E-state index contributed by atoms with van der Waals surface area (Å²) in [4.78, 5) is 25.8. The van der Waals surface area contributed by atoms with Crippen LogP contribution in [0.15, 0.2) is 15.9 Å². The van der Waals surface area contributed by atoms with E-state index < -0.39 is 0 Å². The summed E-state index contributed by atoms with van der Waals surface area (Å²) in [7, 11) is 0. The van der Waals surface area contributed by atoms with E-state index in [0.717, 1.165) is 9.35 Å². The van der Waals surface area contributed by atoms with Crippen LogP contribution in [0.25, 0.3) is 0 Å². The molecule has 2 amide bonds. The number of thiophene rings is 1. The van der Waals surface area contributed by atoms with Gasteiger partial charge in [-0.3, -0.25) is 14.5 Å². The van der Waals surface area contributed by atoms with Crippen LogP contribution in [0.4, 0.5) is 0 Å². The van der Waals surface area contributed by atoms with Crippen molar-refractivity contribution in [1.82, 2.24) is 10.2 Å². The molecule has 1 aromatic heterocycles. The highest BCUT2D eigenvalue weighted by atomic mass is 79.9. The Morgan fingerprint density at radius 2 is 2.35 bits per heavy atom. The smallest absolute Gasteiger partial charge is 0.246 e. The molecule has 0 spiro atoms. The highest BCUT2D eigenvalue weighted by Gasteiger charge is 2.36. The first-order valence-corrected chi connectivity index (χ1v) is 7.09. The predicted molar refractivity (Wildman–Crippen MR) is 69.7 cm³/mol. The Kier molecular flexibility index (Phi) is 3.96. The Morgan fingerprint density at radius 1 is 1.59 bits per heavy atom. The first-order valence-electron chi connectivity index (χ1n) is 5.42. The zero-order chi connectivity index (χ0) is 12.4. The fourth-order valence-electron chi connectivity index (χ4n) is 1.85. The third-order valence-electron chi connectivity index (χ3n) is 2.70. The average molecular weight is 317 g/mol. The number of rotatable bonds is 4. The van der Waals surface area contributed by atoms with Gasteiger partial charge in [0.1, 0.15) is 0 Å². The van der Waals surface area contributed by atoms with E-state index in [0.29, 0.717) is 13.1 Å². The predicted octanol–water partition coefficient (Wildman–Crippen LogP) is 1.75. The minimum atomic E-state index is -0.358. The number of nitrogens with zero attached hydrogens (tertiary/aromatic N) is 1. The molecule has 0 aromatic carbocycles. The first kappa shape index (κ1) is 12.7. The minimum Gasteiger partial charge on any atom is -0.300 e. The SMILES string of the molecule is CCN1C(=O)CC(NCc2cc(Br)cs2)C1=O. The Balaban J connectivity index is 1.92. The molecule has 0 saturated carbocycles. The molecule has 6 heteroatoms. The minimum absolute atomic E-state index is 0.0811. The molecule has 0 bridgehead atoms. The lowest BCUT2D eigenvalue weighted by atomic mass is 10.2. The molecule has 1 fully saturated rings. The van der Waals surface area contributed by atoms with Crippen molar-refractivity contribution in [2.75, 3.05) is 6.54 Å². The molecule has 1 aliphatic heterocycles. The molecule has 1 saturated heterocycles. The molecule has 1 aromatic rings. The summed E-state index contributed by atoms with van der Waals surface area (Å²) < 4.78 is 1.04. The van der Waals surface area contributed by atoms with E-state index in [9.17, 15) is 9.59 Å². The lowest BCUT2D eigenvalue weighted by molar-refractivity contribution is -0.138. The van der Waals surface area contributed by atoms with Crippen LogP contribution in [-0.2, 0) is 16.1 Å². The van der Waals surface area contributed by atoms with Crippen LogP contribution in [0.5, 0.6) is 0 Å². The zero-order valence-corrected chi connectivity index (χ0v) is 11.8. The van der Waals surface area contributed by atoms with Crippen LogP contribution in [-0.4, -0.2) is 29.3 Å². The van der Waals surface area contributed by atoms with Gasteiger partial charge < -0.3 is 5.32 Å². The van der Waals surface area contributed by atoms with Gasteiger partial charge in [0.25, 0.3) is 0 Å². The Hall–Kier alpha value is -0.720. The number of carbonyl (C=O) groups excluding carboxylic acids is 2. The maximum absolute atomic E-state index is 11.8. The van der Waals surface area contributed by atoms with Crippen LogP contribution < -0.4 is 5.32 Å². The third-order valence-corrected chi connectivity index (χ3v) is 4.40. The highest BCUT2D eigenvalue weighted by molar-refractivity contribution is 9.10. The van der Waals surface area contributed by atoms with Gasteiger partial charge in [0.05, 0.1) is 12.5 Å². The number of hydrogen-bond donors (Lipinski definition) is 1. The molecule has 17 heavy (non-hydrogen) atoms. The molecule has 1 N–H and O–H groups in total. The second-order valence-corrected chi connectivity index (χ2v) is 5.76. The van der Waals surface area contributed by atoms with Gasteiger partial charge >= 0.3 is 0 Å².